The molecule has 1 saturated heterocycles. The fourth-order valence-corrected chi connectivity index (χ4v) is 4.24. The van der Waals surface area contributed by atoms with E-state index in [9.17, 15) is 4.79 Å². The van der Waals surface area contributed by atoms with Gasteiger partial charge in [-0.2, -0.15) is 0 Å². The first-order valence-electron chi connectivity index (χ1n) is 6.93. The largest absolute Gasteiger partial charge is 0.496 e. The SMILES string of the molecule is COc1ccc(Br)cc1C1SCCN1C(=O)CC1CC1. The summed E-state index contributed by atoms with van der Waals surface area (Å²) in [5.74, 6) is 2.79. The van der Waals surface area contributed by atoms with E-state index in [1.807, 2.05) is 28.8 Å². The van der Waals surface area contributed by atoms with Crippen LogP contribution in [0.2, 0.25) is 0 Å². The van der Waals surface area contributed by atoms with E-state index in [-0.39, 0.29) is 5.37 Å². The molecular weight excluding hydrogens is 338 g/mol. The van der Waals surface area contributed by atoms with E-state index in [2.05, 4.69) is 22.0 Å². The average Bonchev–Trinajstić information content (AvgIpc) is 3.11. The third-order valence-corrected chi connectivity index (χ3v) is 5.57. The standard InChI is InChI=1S/C15H18BrNO2S/c1-19-13-5-4-11(16)9-12(13)15-17(6-7-20-15)14(18)8-10-2-3-10/h4-5,9-10,15H,2-3,6-8H2,1H3. The van der Waals surface area contributed by atoms with Crippen molar-refractivity contribution in [3.63, 3.8) is 0 Å². The Balaban J connectivity index is 1.83. The maximum atomic E-state index is 12.4. The molecule has 1 aliphatic heterocycles. The maximum Gasteiger partial charge on any atom is 0.224 e. The summed E-state index contributed by atoms with van der Waals surface area (Å²) in [7, 11) is 1.68. The van der Waals surface area contributed by atoms with Crippen LogP contribution in [0.1, 0.15) is 30.2 Å². The molecule has 1 atom stereocenters. The van der Waals surface area contributed by atoms with Gasteiger partial charge in [0.15, 0.2) is 0 Å². The Morgan fingerprint density at radius 1 is 1.50 bits per heavy atom. The van der Waals surface area contributed by atoms with Crippen LogP contribution in [0, 0.1) is 5.92 Å². The van der Waals surface area contributed by atoms with Gasteiger partial charge in [-0.3, -0.25) is 4.79 Å². The van der Waals surface area contributed by atoms with Crippen LogP contribution in [-0.2, 0) is 4.79 Å². The van der Waals surface area contributed by atoms with Crippen LogP contribution >= 0.6 is 27.7 Å². The molecule has 1 aliphatic carbocycles. The van der Waals surface area contributed by atoms with Crippen molar-refractivity contribution >= 4 is 33.6 Å². The number of methoxy groups -OCH3 is 1. The molecule has 1 aromatic rings. The van der Waals surface area contributed by atoms with E-state index in [0.29, 0.717) is 18.2 Å². The lowest BCUT2D eigenvalue weighted by atomic mass is 10.1. The molecule has 5 heteroatoms. The first-order chi connectivity index (χ1) is 9.69. The lowest BCUT2D eigenvalue weighted by Crippen LogP contribution is -2.30. The summed E-state index contributed by atoms with van der Waals surface area (Å²) in [5.41, 5.74) is 1.09. The number of hydrogen-bond donors (Lipinski definition) is 0. The van der Waals surface area contributed by atoms with Gasteiger partial charge in [0.1, 0.15) is 11.1 Å². The molecular formula is C15H18BrNO2S. The van der Waals surface area contributed by atoms with Gasteiger partial charge in [0.05, 0.1) is 7.11 Å². The fraction of sp³-hybridized carbons (Fsp3) is 0.533. The zero-order valence-electron chi connectivity index (χ0n) is 11.5. The van der Waals surface area contributed by atoms with Crippen molar-refractivity contribution in [2.45, 2.75) is 24.6 Å². The van der Waals surface area contributed by atoms with Gasteiger partial charge in [-0.25, -0.2) is 0 Å². The number of carbonyl (C=O) groups excluding carboxylic acids is 1. The maximum absolute atomic E-state index is 12.4. The highest BCUT2D eigenvalue weighted by Gasteiger charge is 2.35. The Bertz CT molecular complexity index is 519. The molecule has 0 N–H and O–H groups in total. The number of hydrogen-bond acceptors (Lipinski definition) is 3. The molecule has 1 heterocycles. The second kappa shape index (κ2) is 5.98. The van der Waals surface area contributed by atoms with Crippen molar-refractivity contribution in [2.24, 2.45) is 5.92 Å². The van der Waals surface area contributed by atoms with Gasteiger partial charge in [-0.05, 0) is 37.0 Å². The molecule has 0 spiro atoms. The number of ether oxygens (including phenoxy) is 1. The molecule has 0 radical (unpaired) electrons. The number of thioether (sulfide) groups is 1. The highest BCUT2D eigenvalue weighted by Crippen LogP contribution is 2.44. The summed E-state index contributed by atoms with van der Waals surface area (Å²) in [6.07, 6.45) is 3.16. The van der Waals surface area contributed by atoms with E-state index in [1.165, 1.54) is 12.8 Å². The molecule has 20 heavy (non-hydrogen) atoms. The zero-order valence-corrected chi connectivity index (χ0v) is 13.9. The molecule has 1 unspecified atom stereocenters. The molecule has 1 saturated carbocycles. The number of halogens is 1. The van der Waals surface area contributed by atoms with Crippen LogP contribution in [0.15, 0.2) is 22.7 Å². The van der Waals surface area contributed by atoms with Crippen LogP contribution in [0.3, 0.4) is 0 Å². The second-order valence-corrected chi connectivity index (χ2v) is 7.45. The highest BCUT2D eigenvalue weighted by molar-refractivity contribution is 9.10. The lowest BCUT2D eigenvalue weighted by Gasteiger charge is -2.25. The van der Waals surface area contributed by atoms with Gasteiger partial charge in [0.25, 0.3) is 0 Å². The van der Waals surface area contributed by atoms with Gasteiger partial charge in [-0.15, -0.1) is 11.8 Å². The van der Waals surface area contributed by atoms with E-state index in [1.54, 1.807) is 7.11 Å². The van der Waals surface area contributed by atoms with Gasteiger partial charge < -0.3 is 9.64 Å². The third-order valence-electron chi connectivity index (χ3n) is 3.83. The van der Waals surface area contributed by atoms with Crippen LogP contribution in [0.25, 0.3) is 0 Å². The summed E-state index contributed by atoms with van der Waals surface area (Å²) in [4.78, 5) is 14.4. The summed E-state index contributed by atoms with van der Waals surface area (Å²) in [6.45, 7) is 0.844. The normalized spacial score (nSPS) is 22.1. The highest BCUT2D eigenvalue weighted by atomic mass is 79.9. The number of benzene rings is 1. The van der Waals surface area contributed by atoms with Crippen molar-refractivity contribution in [1.82, 2.24) is 4.90 Å². The minimum Gasteiger partial charge on any atom is -0.496 e. The van der Waals surface area contributed by atoms with Gasteiger partial charge in [-0.1, -0.05) is 15.9 Å². The Labute approximate surface area is 132 Å². The Hall–Kier alpha value is -0.680. The van der Waals surface area contributed by atoms with Gasteiger partial charge in [0.2, 0.25) is 5.91 Å². The smallest absolute Gasteiger partial charge is 0.224 e. The molecule has 2 fully saturated rings. The summed E-state index contributed by atoms with van der Waals surface area (Å²) in [6, 6.07) is 6.00. The Morgan fingerprint density at radius 3 is 3.00 bits per heavy atom. The molecule has 108 valence electrons. The predicted octanol–water partition coefficient (Wildman–Crippen LogP) is 3.83. The van der Waals surface area contributed by atoms with Crippen molar-refractivity contribution in [2.75, 3.05) is 19.4 Å². The first kappa shape index (κ1) is 14.3. The molecule has 0 aromatic heterocycles. The van der Waals surface area contributed by atoms with Crippen molar-refractivity contribution in [1.29, 1.82) is 0 Å². The first-order valence-corrected chi connectivity index (χ1v) is 8.77. The van der Waals surface area contributed by atoms with Crippen molar-refractivity contribution in [3.05, 3.63) is 28.2 Å². The number of carbonyl (C=O) groups is 1. The fourth-order valence-electron chi connectivity index (χ4n) is 2.57. The molecule has 2 aliphatic rings. The molecule has 3 nitrogen and oxygen atoms in total. The predicted molar refractivity (Wildman–Crippen MR) is 84.9 cm³/mol. The summed E-state index contributed by atoms with van der Waals surface area (Å²) in [5, 5.41) is 0.0914. The lowest BCUT2D eigenvalue weighted by molar-refractivity contribution is -0.131. The molecule has 0 bridgehead atoms. The van der Waals surface area contributed by atoms with E-state index in [4.69, 9.17) is 4.74 Å². The number of amides is 1. The van der Waals surface area contributed by atoms with E-state index >= 15 is 0 Å². The number of rotatable bonds is 4. The topological polar surface area (TPSA) is 29.5 Å². The Morgan fingerprint density at radius 2 is 2.30 bits per heavy atom. The van der Waals surface area contributed by atoms with Gasteiger partial charge >= 0.3 is 0 Å². The van der Waals surface area contributed by atoms with Crippen LogP contribution in [0.4, 0.5) is 0 Å². The minimum absolute atomic E-state index is 0.0914. The van der Waals surface area contributed by atoms with E-state index < -0.39 is 0 Å². The summed E-state index contributed by atoms with van der Waals surface area (Å²) >= 11 is 5.33. The van der Waals surface area contributed by atoms with Crippen molar-refractivity contribution in [3.8, 4) is 5.75 Å². The quantitative estimate of drug-likeness (QED) is 0.821. The molecule has 3 rings (SSSR count). The Kier molecular flexibility index (Phi) is 4.26. The third kappa shape index (κ3) is 2.98. The van der Waals surface area contributed by atoms with Crippen LogP contribution < -0.4 is 4.74 Å². The monoisotopic (exact) mass is 355 g/mol. The molecule has 1 aromatic carbocycles. The van der Waals surface area contributed by atoms with E-state index in [0.717, 1.165) is 28.1 Å². The van der Waals surface area contributed by atoms with Crippen molar-refractivity contribution < 1.29 is 9.53 Å². The minimum atomic E-state index is 0.0914. The van der Waals surface area contributed by atoms with Crippen LogP contribution in [-0.4, -0.2) is 30.2 Å². The molecule has 1 amide bonds. The average molecular weight is 356 g/mol. The van der Waals surface area contributed by atoms with Gasteiger partial charge in [0, 0.05) is 28.8 Å². The zero-order chi connectivity index (χ0) is 14.1. The number of nitrogens with zero attached hydrogens (tertiary/aromatic N) is 1. The van der Waals surface area contributed by atoms with Crippen LogP contribution in [0.5, 0.6) is 5.75 Å². The second-order valence-electron chi connectivity index (χ2n) is 5.34. The summed E-state index contributed by atoms with van der Waals surface area (Å²) < 4.78 is 6.49.